The van der Waals surface area contributed by atoms with E-state index in [2.05, 4.69) is 35.3 Å². The molecule has 0 radical (unpaired) electrons. The number of rotatable bonds is 3. The third-order valence-electron chi connectivity index (χ3n) is 4.71. The minimum Gasteiger partial charge on any atom is -0.495 e. The highest BCUT2D eigenvalue weighted by atomic mass is 35.5. The average molecular weight is 361 g/mol. The zero-order chi connectivity index (χ0) is 16.7. The molecule has 2 aliphatic heterocycles. The minimum absolute atomic E-state index is 0.130. The molecule has 0 saturated carbocycles. The number of thiophene rings is 1. The van der Waals surface area contributed by atoms with Gasteiger partial charge in [-0.1, -0.05) is 17.7 Å². The largest absolute Gasteiger partial charge is 0.495 e. The molecule has 1 N–H and O–H groups in total. The molecule has 0 amide bonds. The Hall–Kier alpha value is -1.65. The summed E-state index contributed by atoms with van der Waals surface area (Å²) in [4.78, 5) is 5.23. The van der Waals surface area contributed by atoms with Gasteiger partial charge in [-0.2, -0.15) is 0 Å². The average Bonchev–Trinajstić information content (AvgIpc) is 3.22. The summed E-state index contributed by atoms with van der Waals surface area (Å²) in [6.45, 7) is 4.47. The van der Waals surface area contributed by atoms with Gasteiger partial charge in [-0.3, -0.25) is 0 Å². The van der Waals surface area contributed by atoms with Gasteiger partial charge in [0.05, 0.1) is 34.4 Å². The van der Waals surface area contributed by atoms with E-state index in [1.807, 2.05) is 23.5 Å². The van der Waals surface area contributed by atoms with Gasteiger partial charge in [0.25, 0.3) is 0 Å². The van der Waals surface area contributed by atoms with Crippen LogP contribution in [-0.4, -0.2) is 25.1 Å². The van der Waals surface area contributed by atoms with Crippen LogP contribution in [0.15, 0.2) is 30.3 Å². The van der Waals surface area contributed by atoms with Gasteiger partial charge in [0.1, 0.15) is 5.75 Å². The molecule has 0 spiro atoms. The van der Waals surface area contributed by atoms with Crippen molar-refractivity contribution in [2.75, 3.05) is 25.5 Å². The molecule has 1 aromatic carbocycles. The van der Waals surface area contributed by atoms with Crippen molar-refractivity contribution in [2.24, 2.45) is 0 Å². The summed E-state index contributed by atoms with van der Waals surface area (Å²) >= 11 is 8.21. The fourth-order valence-corrected chi connectivity index (χ4v) is 4.81. The first-order valence-corrected chi connectivity index (χ1v) is 9.52. The van der Waals surface area contributed by atoms with Crippen LogP contribution in [0.2, 0.25) is 5.02 Å². The number of nitrogens with one attached hydrogen (secondary N) is 1. The predicted octanol–water partition coefficient (Wildman–Crippen LogP) is 5.32. The van der Waals surface area contributed by atoms with Gasteiger partial charge in [0, 0.05) is 18.0 Å². The molecule has 0 bridgehead atoms. The molecular weight excluding hydrogens is 340 g/mol. The zero-order valence-corrected chi connectivity index (χ0v) is 15.5. The first-order chi connectivity index (χ1) is 11.7. The van der Waals surface area contributed by atoms with Crippen molar-refractivity contribution in [3.63, 3.8) is 0 Å². The van der Waals surface area contributed by atoms with Crippen LogP contribution >= 0.6 is 22.9 Å². The molecule has 1 fully saturated rings. The van der Waals surface area contributed by atoms with Crippen molar-refractivity contribution in [1.29, 1.82) is 0 Å². The zero-order valence-electron chi connectivity index (χ0n) is 13.9. The van der Waals surface area contributed by atoms with E-state index in [0.29, 0.717) is 10.8 Å². The number of methoxy groups -OCH3 is 1. The molecule has 2 aliphatic rings. The van der Waals surface area contributed by atoms with Crippen molar-refractivity contribution in [1.82, 2.24) is 4.90 Å². The molecule has 2 aromatic rings. The van der Waals surface area contributed by atoms with Crippen LogP contribution in [0.5, 0.6) is 5.75 Å². The lowest BCUT2D eigenvalue weighted by atomic mass is 10.0. The van der Waals surface area contributed by atoms with Gasteiger partial charge in [0.15, 0.2) is 0 Å². The number of aryl methyl sites for hydroxylation is 1. The van der Waals surface area contributed by atoms with Crippen molar-refractivity contribution >= 4 is 34.3 Å². The lowest BCUT2D eigenvalue weighted by Gasteiger charge is -2.30. The molecule has 3 nitrogen and oxygen atoms in total. The SMILES string of the molecule is COc1ccc(C2C=C(N3CCCC3)c3sc(C)cc3N2)cc1Cl. The lowest BCUT2D eigenvalue weighted by Crippen LogP contribution is -2.23. The maximum atomic E-state index is 6.33. The second-order valence-corrected chi connectivity index (χ2v) is 8.03. The summed E-state index contributed by atoms with van der Waals surface area (Å²) < 4.78 is 5.27. The molecule has 5 heteroatoms. The Morgan fingerprint density at radius 2 is 2.04 bits per heavy atom. The molecule has 4 rings (SSSR count). The summed E-state index contributed by atoms with van der Waals surface area (Å²) in [5.74, 6) is 0.715. The van der Waals surface area contributed by atoms with Gasteiger partial charge in [0.2, 0.25) is 0 Å². The Morgan fingerprint density at radius 1 is 1.25 bits per heavy atom. The number of likely N-dealkylation sites (tertiary alicyclic amines) is 1. The summed E-state index contributed by atoms with van der Waals surface area (Å²) in [7, 11) is 1.64. The molecule has 1 aromatic heterocycles. The van der Waals surface area contributed by atoms with Crippen molar-refractivity contribution < 1.29 is 4.74 Å². The van der Waals surface area contributed by atoms with Gasteiger partial charge in [-0.15, -0.1) is 11.3 Å². The lowest BCUT2D eigenvalue weighted by molar-refractivity contribution is 0.415. The Balaban J connectivity index is 1.74. The number of halogens is 1. The highest BCUT2D eigenvalue weighted by Gasteiger charge is 2.27. The summed E-state index contributed by atoms with van der Waals surface area (Å²) in [6, 6.07) is 8.41. The van der Waals surface area contributed by atoms with Crippen molar-refractivity contribution in [2.45, 2.75) is 25.8 Å². The number of fused-ring (bicyclic) bond motifs is 1. The van der Waals surface area contributed by atoms with E-state index in [1.54, 1.807) is 7.11 Å². The maximum absolute atomic E-state index is 6.33. The van der Waals surface area contributed by atoms with Gasteiger partial charge >= 0.3 is 0 Å². The van der Waals surface area contributed by atoms with E-state index in [4.69, 9.17) is 16.3 Å². The van der Waals surface area contributed by atoms with Crippen LogP contribution in [0.3, 0.4) is 0 Å². The van der Waals surface area contributed by atoms with Crippen LogP contribution < -0.4 is 10.1 Å². The monoisotopic (exact) mass is 360 g/mol. The third-order valence-corrected chi connectivity index (χ3v) is 6.07. The van der Waals surface area contributed by atoms with Gasteiger partial charge in [-0.05, 0) is 49.6 Å². The first kappa shape index (κ1) is 15.9. The van der Waals surface area contributed by atoms with Crippen LogP contribution in [0, 0.1) is 6.92 Å². The standard InChI is InChI=1S/C19H21ClN2OS/c1-12-9-16-19(24-12)17(22-7-3-4-8-22)11-15(21-16)13-5-6-18(23-2)14(20)10-13/h5-6,9-11,15,21H,3-4,7-8H2,1-2H3. The van der Waals surface area contributed by atoms with Crippen LogP contribution in [0.1, 0.15) is 34.2 Å². The Kier molecular flexibility index (Phi) is 4.19. The van der Waals surface area contributed by atoms with E-state index in [1.165, 1.54) is 34.0 Å². The molecule has 0 aliphatic carbocycles. The normalized spacial score (nSPS) is 19.7. The van der Waals surface area contributed by atoms with Crippen LogP contribution in [-0.2, 0) is 0 Å². The van der Waals surface area contributed by atoms with E-state index in [-0.39, 0.29) is 6.04 Å². The predicted molar refractivity (Wildman–Crippen MR) is 102 cm³/mol. The number of nitrogens with zero attached hydrogens (tertiary/aromatic N) is 1. The summed E-state index contributed by atoms with van der Waals surface area (Å²) in [5.41, 5.74) is 3.77. The van der Waals surface area contributed by atoms with Crippen LogP contribution in [0.4, 0.5) is 5.69 Å². The van der Waals surface area contributed by atoms with Crippen molar-refractivity contribution in [3.8, 4) is 5.75 Å². The minimum atomic E-state index is 0.130. The molecule has 126 valence electrons. The van der Waals surface area contributed by atoms with Crippen molar-refractivity contribution in [3.05, 3.63) is 50.7 Å². The Labute approximate surface area is 151 Å². The summed E-state index contributed by atoms with van der Waals surface area (Å²) in [5, 5.41) is 4.31. The second kappa shape index (κ2) is 6.34. The molecule has 3 heterocycles. The number of ether oxygens (including phenoxy) is 1. The topological polar surface area (TPSA) is 24.5 Å². The fraction of sp³-hybridized carbons (Fsp3) is 0.368. The third kappa shape index (κ3) is 2.78. The highest BCUT2D eigenvalue weighted by molar-refractivity contribution is 7.13. The number of benzene rings is 1. The van der Waals surface area contributed by atoms with E-state index < -0.39 is 0 Å². The summed E-state index contributed by atoms with van der Waals surface area (Å²) in [6.07, 6.45) is 4.91. The van der Waals surface area contributed by atoms with E-state index in [0.717, 1.165) is 18.7 Å². The Bertz CT molecular complexity index is 793. The second-order valence-electron chi connectivity index (χ2n) is 6.36. The quantitative estimate of drug-likeness (QED) is 0.801. The first-order valence-electron chi connectivity index (χ1n) is 8.33. The van der Waals surface area contributed by atoms with Gasteiger partial charge < -0.3 is 15.0 Å². The number of hydrogen-bond acceptors (Lipinski definition) is 4. The molecule has 1 unspecified atom stereocenters. The molecule has 1 saturated heterocycles. The molecule has 1 atom stereocenters. The highest BCUT2D eigenvalue weighted by Crippen LogP contribution is 2.43. The van der Waals surface area contributed by atoms with Gasteiger partial charge in [-0.25, -0.2) is 0 Å². The number of anilines is 1. The molecule has 24 heavy (non-hydrogen) atoms. The maximum Gasteiger partial charge on any atom is 0.137 e. The Morgan fingerprint density at radius 3 is 2.75 bits per heavy atom. The smallest absolute Gasteiger partial charge is 0.137 e. The molecular formula is C19H21ClN2OS. The number of hydrogen-bond donors (Lipinski definition) is 1. The van der Waals surface area contributed by atoms with E-state index in [9.17, 15) is 0 Å². The van der Waals surface area contributed by atoms with E-state index >= 15 is 0 Å². The van der Waals surface area contributed by atoms with Crippen LogP contribution in [0.25, 0.3) is 5.70 Å². The fourth-order valence-electron chi connectivity index (χ4n) is 3.52.